The fraction of sp³-hybridized carbons (Fsp3) is 0.400. The molecule has 0 aliphatic carbocycles. The van der Waals surface area contributed by atoms with Crippen molar-refractivity contribution in [3.05, 3.63) is 29.8 Å². The number of aromatic hydroxyl groups is 1. The van der Waals surface area contributed by atoms with Gasteiger partial charge in [-0.1, -0.05) is 12.1 Å². The number of hydrogen-bond donors (Lipinski definition) is 4. The second kappa shape index (κ2) is 9.73. The van der Waals surface area contributed by atoms with Crippen LogP contribution in [0.1, 0.15) is 12.0 Å². The Labute approximate surface area is 138 Å². The summed E-state index contributed by atoms with van der Waals surface area (Å²) in [5, 5.41) is 23.3. The van der Waals surface area contributed by atoms with Gasteiger partial charge in [-0.25, -0.2) is 4.79 Å². The summed E-state index contributed by atoms with van der Waals surface area (Å²) in [5.41, 5.74) is 0.666. The molecule has 0 aliphatic rings. The van der Waals surface area contributed by atoms with Gasteiger partial charge in [-0.05, 0) is 36.1 Å². The van der Waals surface area contributed by atoms with E-state index in [1.54, 1.807) is 12.1 Å². The van der Waals surface area contributed by atoms with E-state index in [-0.39, 0.29) is 12.2 Å². The van der Waals surface area contributed by atoms with Crippen LogP contribution >= 0.6 is 11.8 Å². The van der Waals surface area contributed by atoms with Crippen LogP contribution in [0.3, 0.4) is 0 Å². The molecule has 126 valence electrons. The average molecular weight is 340 g/mol. The third kappa shape index (κ3) is 6.60. The Bertz CT molecular complexity index is 535. The van der Waals surface area contributed by atoms with E-state index in [1.165, 1.54) is 23.9 Å². The van der Waals surface area contributed by atoms with Crippen molar-refractivity contribution in [1.29, 1.82) is 0 Å². The lowest BCUT2D eigenvalue weighted by atomic mass is 10.1. The first-order chi connectivity index (χ1) is 11.0. The number of aliphatic carboxylic acids is 1. The van der Waals surface area contributed by atoms with Gasteiger partial charge < -0.3 is 20.8 Å². The molecule has 7 nitrogen and oxygen atoms in total. The molecule has 23 heavy (non-hydrogen) atoms. The number of nitrogens with one attached hydrogen (secondary N) is 2. The Morgan fingerprint density at radius 1 is 1.26 bits per heavy atom. The van der Waals surface area contributed by atoms with Gasteiger partial charge in [0.1, 0.15) is 17.8 Å². The maximum absolute atomic E-state index is 12.2. The first kappa shape index (κ1) is 18.8. The summed E-state index contributed by atoms with van der Waals surface area (Å²) in [4.78, 5) is 34.1. The molecular formula is C15H20N2O5S. The van der Waals surface area contributed by atoms with E-state index in [0.717, 1.165) is 0 Å². The molecule has 0 radical (unpaired) electrons. The maximum Gasteiger partial charge on any atom is 0.326 e. The van der Waals surface area contributed by atoms with Gasteiger partial charge in [-0.2, -0.15) is 11.8 Å². The van der Waals surface area contributed by atoms with Crippen LogP contribution in [0.5, 0.6) is 5.75 Å². The maximum atomic E-state index is 12.2. The van der Waals surface area contributed by atoms with Crippen LogP contribution in [0.4, 0.5) is 0 Å². The molecule has 2 atom stereocenters. The molecule has 0 saturated carbocycles. The highest BCUT2D eigenvalue weighted by molar-refractivity contribution is 7.98. The van der Waals surface area contributed by atoms with E-state index in [9.17, 15) is 24.6 Å². The molecule has 4 N–H and O–H groups in total. The third-order valence-corrected chi connectivity index (χ3v) is 3.83. The largest absolute Gasteiger partial charge is 0.508 e. The van der Waals surface area contributed by atoms with Crippen molar-refractivity contribution in [2.45, 2.75) is 24.9 Å². The van der Waals surface area contributed by atoms with Gasteiger partial charge in [0.15, 0.2) is 0 Å². The molecule has 0 heterocycles. The standard InChI is InChI=1S/C15H20N2O5S/c1-23-7-6-12(16-9-18)14(20)17-13(15(21)22)8-10-2-4-11(19)5-3-10/h2-5,9,12-13,19H,6-8H2,1H3,(H,16,18)(H,17,20)(H,21,22)/t12-,13-/m0/s1. The normalized spacial score (nSPS) is 12.9. The number of phenolic OH excluding ortho intramolecular Hbond substituents is 1. The number of benzene rings is 1. The summed E-state index contributed by atoms with van der Waals surface area (Å²) in [6, 6.07) is 4.20. The van der Waals surface area contributed by atoms with Gasteiger partial charge in [-0.15, -0.1) is 0 Å². The monoisotopic (exact) mass is 340 g/mol. The van der Waals surface area contributed by atoms with Crippen molar-refractivity contribution in [3.8, 4) is 5.75 Å². The predicted molar refractivity (Wildman–Crippen MR) is 87.4 cm³/mol. The third-order valence-electron chi connectivity index (χ3n) is 3.19. The lowest BCUT2D eigenvalue weighted by Crippen LogP contribution is -2.50. The quantitative estimate of drug-likeness (QED) is 0.458. The van der Waals surface area contributed by atoms with E-state index in [4.69, 9.17) is 0 Å². The van der Waals surface area contributed by atoms with E-state index >= 15 is 0 Å². The van der Waals surface area contributed by atoms with E-state index in [1.807, 2.05) is 6.26 Å². The summed E-state index contributed by atoms with van der Waals surface area (Å²) in [6.45, 7) is 0. The number of thioether (sulfide) groups is 1. The summed E-state index contributed by atoms with van der Waals surface area (Å²) in [6.07, 6.45) is 2.80. The van der Waals surface area contributed by atoms with E-state index < -0.39 is 24.0 Å². The summed E-state index contributed by atoms with van der Waals surface area (Å²) in [5.74, 6) is -0.954. The van der Waals surface area contributed by atoms with Crippen LogP contribution in [0.15, 0.2) is 24.3 Å². The van der Waals surface area contributed by atoms with Crippen LogP contribution in [0, 0.1) is 0 Å². The van der Waals surface area contributed by atoms with Gasteiger partial charge in [0, 0.05) is 6.42 Å². The molecule has 0 unspecified atom stereocenters. The lowest BCUT2D eigenvalue weighted by molar-refractivity contribution is -0.142. The van der Waals surface area contributed by atoms with Crippen molar-refractivity contribution < 1.29 is 24.6 Å². The van der Waals surface area contributed by atoms with Crippen molar-refractivity contribution in [1.82, 2.24) is 10.6 Å². The zero-order valence-corrected chi connectivity index (χ0v) is 13.5. The first-order valence-corrected chi connectivity index (χ1v) is 8.37. The minimum absolute atomic E-state index is 0.0805. The summed E-state index contributed by atoms with van der Waals surface area (Å²) in [7, 11) is 0. The Morgan fingerprint density at radius 3 is 2.43 bits per heavy atom. The van der Waals surface area contributed by atoms with Crippen LogP contribution in [0.25, 0.3) is 0 Å². The zero-order valence-electron chi connectivity index (χ0n) is 12.7. The highest BCUT2D eigenvalue weighted by Crippen LogP contribution is 2.11. The molecule has 0 spiro atoms. The van der Waals surface area contributed by atoms with Crippen molar-refractivity contribution in [2.24, 2.45) is 0 Å². The number of carbonyl (C=O) groups excluding carboxylic acids is 2. The smallest absolute Gasteiger partial charge is 0.326 e. The Balaban J connectivity index is 2.73. The van der Waals surface area contributed by atoms with E-state index in [0.29, 0.717) is 24.1 Å². The molecule has 0 saturated heterocycles. The van der Waals surface area contributed by atoms with E-state index in [2.05, 4.69) is 10.6 Å². The first-order valence-electron chi connectivity index (χ1n) is 6.97. The molecule has 1 rings (SSSR count). The van der Waals surface area contributed by atoms with Crippen molar-refractivity contribution in [3.63, 3.8) is 0 Å². The highest BCUT2D eigenvalue weighted by atomic mass is 32.2. The molecule has 8 heteroatoms. The van der Waals surface area contributed by atoms with Crippen molar-refractivity contribution in [2.75, 3.05) is 12.0 Å². The highest BCUT2D eigenvalue weighted by Gasteiger charge is 2.25. The summed E-state index contributed by atoms with van der Waals surface area (Å²) < 4.78 is 0. The fourth-order valence-corrected chi connectivity index (χ4v) is 2.42. The SMILES string of the molecule is CSCC[C@H](NC=O)C(=O)N[C@@H](Cc1ccc(O)cc1)C(=O)O. The van der Waals surface area contributed by atoms with Crippen LogP contribution in [-0.2, 0) is 20.8 Å². The number of phenols is 1. The number of carboxylic acids is 1. The molecule has 0 fully saturated rings. The van der Waals surface area contributed by atoms with Gasteiger partial charge in [0.25, 0.3) is 0 Å². The number of hydrogen-bond acceptors (Lipinski definition) is 5. The Hall–Kier alpha value is -2.22. The van der Waals surface area contributed by atoms with Crippen LogP contribution < -0.4 is 10.6 Å². The number of rotatable bonds is 10. The predicted octanol–water partition coefficient (Wildman–Crippen LogP) is 0.372. The molecule has 0 bridgehead atoms. The lowest BCUT2D eigenvalue weighted by Gasteiger charge is -2.20. The topological polar surface area (TPSA) is 116 Å². The van der Waals surface area contributed by atoms with Gasteiger partial charge >= 0.3 is 5.97 Å². The number of carboxylic acid groups (broad SMARTS) is 1. The van der Waals surface area contributed by atoms with Gasteiger partial charge in [0.05, 0.1) is 0 Å². The van der Waals surface area contributed by atoms with Crippen LogP contribution in [0.2, 0.25) is 0 Å². The van der Waals surface area contributed by atoms with Crippen molar-refractivity contribution >= 4 is 30.0 Å². The molecule has 0 aromatic heterocycles. The van der Waals surface area contributed by atoms with Gasteiger partial charge in [-0.3, -0.25) is 9.59 Å². The molecule has 2 amide bonds. The molecule has 1 aromatic rings. The Kier molecular flexibility index (Phi) is 7.96. The number of amides is 2. The minimum Gasteiger partial charge on any atom is -0.508 e. The molecular weight excluding hydrogens is 320 g/mol. The zero-order chi connectivity index (χ0) is 17.2. The molecule has 1 aromatic carbocycles. The van der Waals surface area contributed by atoms with Crippen LogP contribution in [-0.4, -0.2) is 52.6 Å². The Morgan fingerprint density at radius 2 is 1.91 bits per heavy atom. The molecule has 0 aliphatic heterocycles. The fourth-order valence-electron chi connectivity index (χ4n) is 1.95. The minimum atomic E-state index is -1.17. The average Bonchev–Trinajstić information content (AvgIpc) is 2.52. The summed E-state index contributed by atoms with van der Waals surface area (Å²) >= 11 is 1.53. The van der Waals surface area contributed by atoms with Gasteiger partial charge in [0.2, 0.25) is 12.3 Å². The number of carbonyl (C=O) groups is 3. The second-order valence-electron chi connectivity index (χ2n) is 4.89. The second-order valence-corrected chi connectivity index (χ2v) is 5.87.